The minimum absolute atomic E-state index is 0.0344. The fourth-order valence-corrected chi connectivity index (χ4v) is 6.90. The molecule has 2 fully saturated rings. The van der Waals surface area contributed by atoms with Gasteiger partial charge in [0.15, 0.2) is 11.5 Å². The van der Waals surface area contributed by atoms with Crippen LogP contribution in [-0.4, -0.2) is 25.1 Å². The third-order valence-corrected chi connectivity index (χ3v) is 8.55. The molecule has 0 aromatic heterocycles. The molecule has 0 radical (unpaired) electrons. The highest BCUT2D eigenvalue weighted by atomic mass is 16.7. The summed E-state index contributed by atoms with van der Waals surface area (Å²) in [7, 11) is 1.74. The number of fused-ring (bicyclic) bond motifs is 6. The summed E-state index contributed by atoms with van der Waals surface area (Å²) in [6.07, 6.45) is 7.34. The van der Waals surface area contributed by atoms with Crippen molar-refractivity contribution in [1.29, 1.82) is 0 Å². The van der Waals surface area contributed by atoms with E-state index in [2.05, 4.69) is 37.3 Å². The Morgan fingerprint density at radius 2 is 1.97 bits per heavy atom. The van der Waals surface area contributed by atoms with Gasteiger partial charge in [0.25, 0.3) is 0 Å². The molecule has 0 bridgehead atoms. The molecule has 2 saturated carbocycles. The summed E-state index contributed by atoms with van der Waals surface area (Å²) in [5.41, 5.74) is 5.19. The molecule has 0 spiro atoms. The largest absolute Gasteiger partial charge is 0.497 e. The number of aliphatic hydroxyl groups is 1. The molecule has 1 aliphatic heterocycles. The first-order chi connectivity index (χ1) is 15.1. The van der Waals surface area contributed by atoms with Gasteiger partial charge < -0.3 is 19.3 Å². The highest BCUT2D eigenvalue weighted by Crippen LogP contribution is 2.62. The zero-order valence-electron chi connectivity index (χ0n) is 18.3. The van der Waals surface area contributed by atoms with E-state index in [9.17, 15) is 5.11 Å². The number of benzene rings is 2. The summed E-state index contributed by atoms with van der Waals surface area (Å²) in [4.78, 5) is 0. The van der Waals surface area contributed by atoms with Gasteiger partial charge in [-0.2, -0.15) is 0 Å². The standard InChI is InChI=1S/C27H30O4/c1-27-10-9-21-20-7-5-19(29-2)13-17(20)4-6-22(21)23(27)14-18(26(27)28)11-16-3-8-24-25(12-16)31-15-30-24/h3,5,7-8,11-13,21-23,26,28H,4,6,9-10,14-15H2,1-2H3/b18-11+/t21-,22-,23-,26-,27+/m1/s1. The first-order valence-electron chi connectivity index (χ1n) is 11.5. The average Bonchev–Trinajstić information content (AvgIpc) is 3.36. The van der Waals surface area contributed by atoms with Crippen molar-refractivity contribution >= 4 is 6.08 Å². The van der Waals surface area contributed by atoms with E-state index in [0.717, 1.165) is 48.5 Å². The maximum atomic E-state index is 11.4. The molecule has 4 nitrogen and oxygen atoms in total. The van der Waals surface area contributed by atoms with Crippen LogP contribution in [0.2, 0.25) is 0 Å². The van der Waals surface area contributed by atoms with Crippen molar-refractivity contribution in [3.63, 3.8) is 0 Å². The molecule has 0 saturated heterocycles. The zero-order valence-corrected chi connectivity index (χ0v) is 18.3. The second kappa shape index (κ2) is 7.03. The van der Waals surface area contributed by atoms with Crippen LogP contribution >= 0.6 is 0 Å². The van der Waals surface area contributed by atoms with Crippen LogP contribution in [0.3, 0.4) is 0 Å². The van der Waals surface area contributed by atoms with E-state index in [4.69, 9.17) is 14.2 Å². The van der Waals surface area contributed by atoms with E-state index in [1.165, 1.54) is 23.1 Å². The molecule has 1 N–H and O–H groups in total. The van der Waals surface area contributed by atoms with Crippen LogP contribution in [0.25, 0.3) is 6.08 Å². The molecule has 31 heavy (non-hydrogen) atoms. The Kier molecular flexibility index (Phi) is 4.36. The van der Waals surface area contributed by atoms with Crippen molar-refractivity contribution in [2.45, 2.75) is 51.0 Å². The molecule has 5 atom stereocenters. The van der Waals surface area contributed by atoms with E-state index in [1.807, 2.05) is 12.1 Å². The van der Waals surface area contributed by atoms with Crippen LogP contribution in [0.4, 0.5) is 0 Å². The number of methoxy groups -OCH3 is 1. The normalized spacial score (nSPS) is 34.2. The number of ether oxygens (including phenoxy) is 3. The smallest absolute Gasteiger partial charge is 0.231 e. The Morgan fingerprint density at radius 1 is 1.10 bits per heavy atom. The molecule has 6 rings (SSSR count). The van der Waals surface area contributed by atoms with Gasteiger partial charge in [-0.05, 0) is 96.4 Å². The fourth-order valence-electron chi connectivity index (χ4n) is 6.90. The molecular formula is C27H30O4. The summed E-state index contributed by atoms with van der Waals surface area (Å²) < 4.78 is 16.4. The minimum Gasteiger partial charge on any atom is -0.497 e. The molecule has 1 heterocycles. The molecule has 4 heteroatoms. The first-order valence-corrected chi connectivity index (χ1v) is 11.5. The summed E-state index contributed by atoms with van der Waals surface area (Å²) >= 11 is 0. The number of hydrogen-bond donors (Lipinski definition) is 1. The third-order valence-electron chi connectivity index (χ3n) is 8.55. The number of rotatable bonds is 2. The molecule has 4 aliphatic rings. The van der Waals surface area contributed by atoms with Gasteiger partial charge in [0.1, 0.15) is 5.75 Å². The summed E-state index contributed by atoms with van der Waals surface area (Å²) in [6.45, 7) is 2.61. The summed E-state index contributed by atoms with van der Waals surface area (Å²) in [5.74, 6) is 4.32. The Bertz CT molecular complexity index is 1060. The lowest BCUT2D eigenvalue weighted by Crippen LogP contribution is -2.44. The summed E-state index contributed by atoms with van der Waals surface area (Å²) in [6, 6.07) is 12.7. The molecule has 2 aromatic rings. The highest BCUT2D eigenvalue weighted by Gasteiger charge is 2.56. The van der Waals surface area contributed by atoms with E-state index in [-0.39, 0.29) is 18.3 Å². The predicted molar refractivity (Wildman–Crippen MR) is 120 cm³/mol. The lowest BCUT2D eigenvalue weighted by Gasteiger charge is -2.49. The van der Waals surface area contributed by atoms with Crippen LogP contribution in [0.1, 0.15) is 55.2 Å². The van der Waals surface area contributed by atoms with Crippen LogP contribution in [0.5, 0.6) is 17.2 Å². The molecule has 3 aliphatic carbocycles. The van der Waals surface area contributed by atoms with Crippen molar-refractivity contribution in [3.8, 4) is 17.2 Å². The van der Waals surface area contributed by atoms with E-state index < -0.39 is 0 Å². The van der Waals surface area contributed by atoms with E-state index >= 15 is 0 Å². The van der Waals surface area contributed by atoms with Crippen molar-refractivity contribution in [1.82, 2.24) is 0 Å². The van der Waals surface area contributed by atoms with E-state index in [1.54, 1.807) is 7.11 Å². The van der Waals surface area contributed by atoms with Gasteiger partial charge in [0.05, 0.1) is 13.2 Å². The Balaban J connectivity index is 1.31. The van der Waals surface area contributed by atoms with Gasteiger partial charge >= 0.3 is 0 Å². The van der Waals surface area contributed by atoms with Gasteiger partial charge in [-0.1, -0.05) is 25.1 Å². The predicted octanol–water partition coefficient (Wildman–Crippen LogP) is 5.33. The minimum atomic E-state index is -0.374. The fraction of sp³-hybridized carbons (Fsp3) is 0.481. The number of aryl methyl sites for hydroxylation is 1. The average molecular weight is 419 g/mol. The quantitative estimate of drug-likeness (QED) is 0.716. The van der Waals surface area contributed by atoms with Crippen molar-refractivity contribution < 1.29 is 19.3 Å². The number of hydrogen-bond acceptors (Lipinski definition) is 4. The topological polar surface area (TPSA) is 47.9 Å². The lowest BCUT2D eigenvalue weighted by atomic mass is 9.55. The van der Waals surface area contributed by atoms with Crippen molar-refractivity contribution in [3.05, 3.63) is 58.7 Å². The van der Waals surface area contributed by atoms with Crippen LogP contribution in [0.15, 0.2) is 42.0 Å². The monoisotopic (exact) mass is 418 g/mol. The Morgan fingerprint density at radius 3 is 2.84 bits per heavy atom. The van der Waals surface area contributed by atoms with Crippen LogP contribution < -0.4 is 14.2 Å². The van der Waals surface area contributed by atoms with E-state index in [0.29, 0.717) is 17.8 Å². The first kappa shape index (κ1) is 19.2. The maximum Gasteiger partial charge on any atom is 0.231 e. The zero-order chi connectivity index (χ0) is 21.2. The SMILES string of the molecule is COc1ccc2c(c1)CC[C@@H]1[C@@H]2CC[C@]2(C)[C@H](O)/C(=C/c3ccc4c(c3)OCO4)C[C@H]12. The molecule has 0 unspecified atom stereocenters. The molecular weight excluding hydrogens is 388 g/mol. The second-order valence-corrected chi connectivity index (χ2v) is 9.96. The van der Waals surface area contributed by atoms with Crippen LogP contribution in [0, 0.1) is 17.3 Å². The Hall–Kier alpha value is -2.46. The van der Waals surface area contributed by atoms with Crippen LogP contribution in [-0.2, 0) is 6.42 Å². The second-order valence-electron chi connectivity index (χ2n) is 9.96. The molecule has 2 aromatic carbocycles. The summed E-state index contributed by atoms with van der Waals surface area (Å²) in [5, 5.41) is 11.4. The number of aliphatic hydroxyl groups excluding tert-OH is 1. The lowest BCUT2D eigenvalue weighted by molar-refractivity contribution is -0.0158. The third kappa shape index (κ3) is 2.91. The Labute approximate surface area is 183 Å². The van der Waals surface area contributed by atoms with Gasteiger partial charge in [-0.15, -0.1) is 0 Å². The van der Waals surface area contributed by atoms with Crippen molar-refractivity contribution in [2.24, 2.45) is 17.3 Å². The van der Waals surface area contributed by atoms with Gasteiger partial charge in [0.2, 0.25) is 6.79 Å². The van der Waals surface area contributed by atoms with Gasteiger partial charge in [-0.25, -0.2) is 0 Å². The molecule has 162 valence electrons. The van der Waals surface area contributed by atoms with Gasteiger partial charge in [-0.3, -0.25) is 0 Å². The highest BCUT2D eigenvalue weighted by molar-refractivity contribution is 5.60. The maximum absolute atomic E-state index is 11.4. The van der Waals surface area contributed by atoms with Crippen molar-refractivity contribution in [2.75, 3.05) is 13.9 Å². The molecule has 0 amide bonds. The van der Waals surface area contributed by atoms with Gasteiger partial charge in [0, 0.05) is 5.41 Å².